The summed E-state index contributed by atoms with van der Waals surface area (Å²) < 4.78 is 16.5. The summed E-state index contributed by atoms with van der Waals surface area (Å²) in [5, 5.41) is 30.3. The van der Waals surface area contributed by atoms with Gasteiger partial charge in [0.05, 0.1) is 13.5 Å². The van der Waals surface area contributed by atoms with Crippen molar-refractivity contribution in [2.75, 3.05) is 7.11 Å². The van der Waals surface area contributed by atoms with Crippen LogP contribution in [-0.4, -0.2) is 28.4 Å². The lowest BCUT2D eigenvalue weighted by atomic mass is 9.85. The number of carbonyl (C=O) groups excluding carboxylic acids is 1. The zero-order chi connectivity index (χ0) is 23.3. The Balaban J connectivity index is 1.79. The van der Waals surface area contributed by atoms with E-state index in [4.69, 9.17) is 13.9 Å². The number of benzene rings is 3. The van der Waals surface area contributed by atoms with Crippen LogP contribution in [0.1, 0.15) is 23.5 Å². The molecule has 0 unspecified atom stereocenters. The van der Waals surface area contributed by atoms with Crippen molar-refractivity contribution in [3.05, 3.63) is 75.9 Å². The van der Waals surface area contributed by atoms with Crippen LogP contribution in [0.2, 0.25) is 0 Å². The van der Waals surface area contributed by atoms with Gasteiger partial charge in [-0.25, -0.2) is 0 Å². The van der Waals surface area contributed by atoms with Crippen molar-refractivity contribution in [2.45, 2.75) is 12.3 Å². The number of fused-ring (bicyclic) bond motifs is 3. The van der Waals surface area contributed by atoms with Crippen LogP contribution in [0.5, 0.6) is 28.7 Å². The van der Waals surface area contributed by atoms with Crippen LogP contribution in [-0.2, 0) is 4.79 Å². The molecular formula is C25H18O8. The van der Waals surface area contributed by atoms with Gasteiger partial charge in [0, 0.05) is 29.2 Å². The summed E-state index contributed by atoms with van der Waals surface area (Å²) >= 11 is 0. The van der Waals surface area contributed by atoms with Gasteiger partial charge in [-0.1, -0.05) is 12.1 Å². The minimum absolute atomic E-state index is 0.0189. The SMILES string of the molecule is COc1ccc(-c2cc(=O)c3c(O)cc4c(c3o2)[C@H](c2ccc(O)cc2)CC(=O)O4)cc1O. The van der Waals surface area contributed by atoms with E-state index in [-0.39, 0.29) is 51.9 Å². The van der Waals surface area contributed by atoms with Crippen LogP contribution in [0.3, 0.4) is 0 Å². The van der Waals surface area contributed by atoms with Crippen LogP contribution >= 0.6 is 0 Å². The first-order valence-electron chi connectivity index (χ1n) is 10.1. The third-order valence-electron chi connectivity index (χ3n) is 5.68. The molecule has 0 bridgehead atoms. The zero-order valence-electron chi connectivity index (χ0n) is 17.4. The van der Waals surface area contributed by atoms with Crippen LogP contribution in [0.25, 0.3) is 22.3 Å². The largest absolute Gasteiger partial charge is 0.508 e. The summed E-state index contributed by atoms with van der Waals surface area (Å²) in [6.45, 7) is 0. The smallest absolute Gasteiger partial charge is 0.312 e. The molecule has 5 rings (SSSR count). The highest BCUT2D eigenvalue weighted by molar-refractivity contribution is 5.93. The van der Waals surface area contributed by atoms with E-state index in [1.165, 1.54) is 43.5 Å². The molecule has 3 aromatic carbocycles. The lowest BCUT2D eigenvalue weighted by molar-refractivity contribution is -0.135. The first kappa shape index (κ1) is 20.4. The summed E-state index contributed by atoms with van der Waals surface area (Å²) in [4.78, 5) is 25.3. The van der Waals surface area contributed by atoms with E-state index in [9.17, 15) is 24.9 Å². The normalized spacial score (nSPS) is 15.2. The minimum atomic E-state index is -0.535. The standard InChI is InChI=1S/C25H18O8/c1-31-19-7-4-13(8-16(19)27)20-10-17(28)24-18(29)11-21-23(25(24)33-20)15(9-22(30)32-21)12-2-5-14(26)6-3-12/h2-8,10-11,15,26-27,29H,9H2,1H3/t15-/m0/s1. The predicted octanol–water partition coefficient (Wildman–Crippen LogP) is 4.03. The second-order valence-corrected chi connectivity index (χ2v) is 7.70. The van der Waals surface area contributed by atoms with Gasteiger partial charge in [0.1, 0.15) is 34.0 Å². The molecule has 1 aromatic heterocycles. The summed E-state index contributed by atoms with van der Waals surface area (Å²) in [6, 6.07) is 13.4. The molecule has 0 amide bonds. The first-order chi connectivity index (χ1) is 15.9. The Morgan fingerprint density at radius 1 is 0.939 bits per heavy atom. The van der Waals surface area contributed by atoms with Gasteiger partial charge in [0.15, 0.2) is 16.9 Å². The summed E-state index contributed by atoms with van der Waals surface area (Å²) in [5.41, 5.74) is 1.13. The zero-order valence-corrected chi connectivity index (χ0v) is 17.4. The van der Waals surface area contributed by atoms with Crippen molar-refractivity contribution in [3.8, 4) is 40.1 Å². The molecule has 1 aliphatic heterocycles. The monoisotopic (exact) mass is 446 g/mol. The molecule has 8 nitrogen and oxygen atoms in total. The second-order valence-electron chi connectivity index (χ2n) is 7.70. The van der Waals surface area contributed by atoms with E-state index in [0.29, 0.717) is 16.7 Å². The molecule has 4 aromatic rings. The van der Waals surface area contributed by atoms with Crippen molar-refractivity contribution in [1.82, 2.24) is 0 Å². The fourth-order valence-corrected chi connectivity index (χ4v) is 4.14. The van der Waals surface area contributed by atoms with Gasteiger partial charge >= 0.3 is 5.97 Å². The average Bonchev–Trinajstić information content (AvgIpc) is 2.78. The number of carbonyl (C=O) groups is 1. The van der Waals surface area contributed by atoms with E-state index in [1.807, 2.05) is 0 Å². The molecule has 33 heavy (non-hydrogen) atoms. The van der Waals surface area contributed by atoms with Gasteiger partial charge < -0.3 is 29.2 Å². The predicted molar refractivity (Wildman–Crippen MR) is 118 cm³/mol. The van der Waals surface area contributed by atoms with E-state index < -0.39 is 17.3 Å². The van der Waals surface area contributed by atoms with Crippen molar-refractivity contribution in [2.24, 2.45) is 0 Å². The van der Waals surface area contributed by atoms with Crippen molar-refractivity contribution >= 4 is 16.9 Å². The molecule has 8 heteroatoms. The number of rotatable bonds is 3. The number of aromatic hydroxyl groups is 3. The number of hydrogen-bond acceptors (Lipinski definition) is 8. The quantitative estimate of drug-likeness (QED) is 0.318. The third-order valence-corrected chi connectivity index (χ3v) is 5.68. The van der Waals surface area contributed by atoms with E-state index >= 15 is 0 Å². The maximum atomic E-state index is 13.0. The van der Waals surface area contributed by atoms with E-state index in [2.05, 4.69) is 0 Å². The number of phenols is 3. The molecule has 1 atom stereocenters. The maximum Gasteiger partial charge on any atom is 0.312 e. The molecule has 2 heterocycles. The summed E-state index contributed by atoms with van der Waals surface area (Å²) in [6.07, 6.45) is -0.0189. The Labute approximate surface area is 186 Å². The molecule has 0 fully saturated rings. The second kappa shape index (κ2) is 7.59. The Morgan fingerprint density at radius 2 is 1.70 bits per heavy atom. The molecule has 3 N–H and O–H groups in total. The van der Waals surface area contributed by atoms with Gasteiger partial charge in [-0.05, 0) is 35.9 Å². The highest BCUT2D eigenvalue weighted by Crippen LogP contribution is 2.46. The third kappa shape index (κ3) is 3.41. The highest BCUT2D eigenvalue weighted by Gasteiger charge is 2.33. The Hall–Kier alpha value is -4.46. The van der Waals surface area contributed by atoms with Crippen LogP contribution in [0.4, 0.5) is 0 Å². The fourth-order valence-electron chi connectivity index (χ4n) is 4.14. The number of methoxy groups -OCH3 is 1. The Bertz CT molecular complexity index is 1470. The van der Waals surface area contributed by atoms with Crippen LogP contribution in [0, 0.1) is 0 Å². The number of ether oxygens (including phenoxy) is 2. The van der Waals surface area contributed by atoms with Crippen LogP contribution < -0.4 is 14.9 Å². The number of phenolic OH excluding ortho intramolecular Hbond substituents is 3. The molecule has 0 radical (unpaired) electrons. The molecule has 1 aliphatic rings. The van der Waals surface area contributed by atoms with Gasteiger partial charge in [-0.15, -0.1) is 0 Å². The van der Waals surface area contributed by atoms with E-state index in [1.54, 1.807) is 18.2 Å². The van der Waals surface area contributed by atoms with Crippen molar-refractivity contribution < 1.29 is 34.0 Å². The Kier molecular flexibility index (Phi) is 4.70. The molecule has 166 valence electrons. The molecular weight excluding hydrogens is 428 g/mol. The molecule has 0 aliphatic carbocycles. The van der Waals surface area contributed by atoms with Crippen molar-refractivity contribution in [1.29, 1.82) is 0 Å². The highest BCUT2D eigenvalue weighted by atomic mass is 16.5. The summed E-state index contributed by atoms with van der Waals surface area (Å²) in [5.74, 6) is -0.970. The lowest BCUT2D eigenvalue weighted by Crippen LogP contribution is -2.22. The van der Waals surface area contributed by atoms with Gasteiger partial charge in [0.25, 0.3) is 0 Å². The maximum absolute atomic E-state index is 13.0. The first-order valence-corrected chi connectivity index (χ1v) is 10.1. The van der Waals surface area contributed by atoms with Gasteiger partial charge in [0.2, 0.25) is 0 Å². The topological polar surface area (TPSA) is 126 Å². The fraction of sp³-hybridized carbons (Fsp3) is 0.120. The number of esters is 1. The molecule has 0 saturated carbocycles. The van der Waals surface area contributed by atoms with Crippen molar-refractivity contribution in [3.63, 3.8) is 0 Å². The minimum Gasteiger partial charge on any atom is -0.508 e. The van der Waals surface area contributed by atoms with Crippen LogP contribution in [0.15, 0.2) is 63.8 Å². The van der Waals surface area contributed by atoms with E-state index in [0.717, 1.165) is 0 Å². The molecule has 0 spiro atoms. The lowest BCUT2D eigenvalue weighted by Gasteiger charge is -2.26. The molecule has 0 saturated heterocycles. The summed E-state index contributed by atoms with van der Waals surface area (Å²) in [7, 11) is 1.42. The van der Waals surface area contributed by atoms with Gasteiger partial charge in [-0.2, -0.15) is 0 Å². The number of hydrogen-bond donors (Lipinski definition) is 3. The average molecular weight is 446 g/mol. The Morgan fingerprint density at radius 3 is 2.39 bits per heavy atom. The van der Waals surface area contributed by atoms with Gasteiger partial charge in [-0.3, -0.25) is 9.59 Å².